The number of esters is 1. The van der Waals surface area contributed by atoms with Crippen LogP contribution in [0.25, 0.3) is 0 Å². The van der Waals surface area contributed by atoms with Crippen molar-refractivity contribution >= 4 is 23.4 Å². The van der Waals surface area contributed by atoms with Crippen LogP contribution in [-0.4, -0.2) is 29.8 Å². The van der Waals surface area contributed by atoms with Gasteiger partial charge in [0.15, 0.2) is 5.78 Å². The molecule has 0 aliphatic carbocycles. The minimum absolute atomic E-state index is 0.138. The Morgan fingerprint density at radius 2 is 1.74 bits per heavy atom. The van der Waals surface area contributed by atoms with Crippen molar-refractivity contribution in [1.82, 2.24) is 0 Å². The quantitative estimate of drug-likeness (QED) is 0.349. The van der Waals surface area contributed by atoms with E-state index in [1.807, 2.05) is 0 Å². The second kappa shape index (κ2) is 6.57. The highest BCUT2D eigenvalue weighted by molar-refractivity contribution is 6.37. The van der Waals surface area contributed by atoms with Crippen LogP contribution in [0.4, 0.5) is 0 Å². The van der Waals surface area contributed by atoms with Crippen molar-refractivity contribution in [3.8, 4) is 5.75 Å². The summed E-state index contributed by atoms with van der Waals surface area (Å²) in [5.74, 6) is 0.130. The molecule has 0 atom stereocenters. The fraction of sp³-hybridized carbons (Fsp3) is 0.429. The van der Waals surface area contributed by atoms with Crippen molar-refractivity contribution in [2.75, 3.05) is 13.2 Å². The van der Waals surface area contributed by atoms with E-state index in [1.54, 1.807) is 38.1 Å². The molecule has 0 saturated heterocycles. The molecule has 0 aromatic heterocycles. The highest BCUT2D eigenvalue weighted by atomic mass is 35.5. The zero-order valence-corrected chi connectivity index (χ0v) is 12.0. The summed E-state index contributed by atoms with van der Waals surface area (Å²) in [4.78, 5) is 21.5. The Morgan fingerprint density at radius 3 is 2.21 bits per heavy atom. The average molecular weight is 285 g/mol. The largest absolute Gasteiger partial charge is 0.490 e. The number of rotatable bonds is 6. The summed E-state index contributed by atoms with van der Waals surface area (Å²) in [5, 5.41) is 0. The van der Waals surface area contributed by atoms with E-state index in [0.717, 1.165) is 0 Å². The summed E-state index contributed by atoms with van der Waals surface area (Å²) in [5.41, 5.74) is 0.535. The number of benzene rings is 1. The van der Waals surface area contributed by atoms with E-state index >= 15 is 0 Å². The first-order chi connectivity index (χ1) is 8.80. The van der Waals surface area contributed by atoms with Gasteiger partial charge in [-0.2, -0.15) is 0 Å². The van der Waals surface area contributed by atoms with Crippen molar-refractivity contribution in [2.45, 2.75) is 25.6 Å². The monoisotopic (exact) mass is 284 g/mol. The minimum atomic E-state index is -0.919. The molecule has 0 fully saturated rings. The molecule has 1 aromatic rings. The van der Waals surface area contributed by atoms with Crippen molar-refractivity contribution < 1.29 is 19.1 Å². The summed E-state index contributed by atoms with van der Waals surface area (Å²) in [7, 11) is 0. The average Bonchev–Trinajstić information content (AvgIpc) is 2.33. The van der Waals surface area contributed by atoms with E-state index in [4.69, 9.17) is 21.1 Å². The van der Waals surface area contributed by atoms with Crippen molar-refractivity contribution in [3.63, 3.8) is 0 Å². The third-order valence-electron chi connectivity index (χ3n) is 2.31. The van der Waals surface area contributed by atoms with Crippen LogP contribution < -0.4 is 4.74 Å². The molecule has 1 rings (SSSR count). The van der Waals surface area contributed by atoms with Gasteiger partial charge >= 0.3 is 5.97 Å². The Morgan fingerprint density at radius 1 is 1.16 bits per heavy atom. The number of Topliss-reactive ketones (excluding diaryl/α,β-unsaturated/α-hetero) is 1. The van der Waals surface area contributed by atoms with Gasteiger partial charge in [0.1, 0.15) is 23.8 Å². The molecule has 0 bridgehead atoms. The predicted molar refractivity (Wildman–Crippen MR) is 72.8 cm³/mol. The minimum Gasteiger partial charge on any atom is -0.490 e. The number of alkyl halides is 1. The molecule has 4 nitrogen and oxygen atoms in total. The lowest BCUT2D eigenvalue weighted by molar-refractivity contribution is -0.141. The molecule has 0 spiro atoms. The zero-order valence-electron chi connectivity index (χ0n) is 11.2. The Bertz CT molecular complexity index is 446. The lowest BCUT2D eigenvalue weighted by Gasteiger charge is -2.14. The van der Waals surface area contributed by atoms with Gasteiger partial charge in [0.25, 0.3) is 0 Å². The van der Waals surface area contributed by atoms with Gasteiger partial charge in [0, 0.05) is 12.5 Å². The maximum Gasteiger partial charge on any atom is 0.302 e. The lowest BCUT2D eigenvalue weighted by Crippen LogP contribution is -2.24. The first-order valence-corrected chi connectivity index (χ1v) is 6.28. The summed E-state index contributed by atoms with van der Waals surface area (Å²) < 4.78 is 10.1. The van der Waals surface area contributed by atoms with Crippen LogP contribution in [0, 0.1) is 0 Å². The van der Waals surface area contributed by atoms with Crippen LogP contribution in [0.2, 0.25) is 0 Å². The molecule has 0 saturated carbocycles. The van der Waals surface area contributed by atoms with Crippen LogP contribution >= 0.6 is 11.6 Å². The van der Waals surface area contributed by atoms with Crippen molar-refractivity contribution in [1.29, 1.82) is 0 Å². The molecular weight excluding hydrogens is 268 g/mol. The third kappa shape index (κ3) is 5.30. The molecule has 5 heteroatoms. The Kier molecular flexibility index (Phi) is 5.36. The van der Waals surface area contributed by atoms with Gasteiger partial charge in [-0.1, -0.05) is 0 Å². The number of hydrogen-bond acceptors (Lipinski definition) is 4. The number of halogens is 1. The van der Waals surface area contributed by atoms with E-state index in [-0.39, 0.29) is 25.0 Å². The SMILES string of the molecule is CC(=O)OCCOc1ccc(C(=O)C(C)(C)Cl)cc1. The van der Waals surface area contributed by atoms with Crippen molar-refractivity contribution in [2.24, 2.45) is 0 Å². The van der Waals surface area contributed by atoms with E-state index < -0.39 is 4.87 Å². The molecule has 0 aliphatic heterocycles. The summed E-state index contributed by atoms with van der Waals surface area (Å²) >= 11 is 5.96. The lowest BCUT2D eigenvalue weighted by atomic mass is 10.0. The molecule has 0 radical (unpaired) electrons. The standard InChI is InChI=1S/C14H17ClO4/c1-10(16)18-8-9-19-12-6-4-11(5-7-12)13(17)14(2,3)15/h4-7H,8-9H2,1-3H3. The first kappa shape index (κ1) is 15.5. The van der Waals surface area contributed by atoms with Gasteiger partial charge in [-0.15, -0.1) is 11.6 Å². The molecule has 0 unspecified atom stereocenters. The molecule has 1 aromatic carbocycles. The smallest absolute Gasteiger partial charge is 0.302 e. The van der Waals surface area contributed by atoms with Crippen LogP contribution in [0.15, 0.2) is 24.3 Å². The van der Waals surface area contributed by atoms with E-state index in [0.29, 0.717) is 11.3 Å². The first-order valence-electron chi connectivity index (χ1n) is 5.90. The maximum atomic E-state index is 11.9. The number of ether oxygens (including phenoxy) is 2. The molecule has 19 heavy (non-hydrogen) atoms. The second-order valence-corrected chi connectivity index (χ2v) is 5.46. The van der Waals surface area contributed by atoms with Crippen LogP contribution in [0.3, 0.4) is 0 Å². The Hall–Kier alpha value is -1.55. The van der Waals surface area contributed by atoms with Crippen LogP contribution in [-0.2, 0) is 9.53 Å². The molecule has 0 aliphatic rings. The molecule has 104 valence electrons. The summed E-state index contributed by atoms with van der Waals surface area (Å²) in [6.45, 7) is 5.12. The van der Waals surface area contributed by atoms with E-state index in [1.165, 1.54) is 6.92 Å². The van der Waals surface area contributed by atoms with Gasteiger partial charge in [-0.25, -0.2) is 0 Å². The predicted octanol–water partition coefficient (Wildman–Crippen LogP) is 2.83. The van der Waals surface area contributed by atoms with Gasteiger partial charge in [0.05, 0.1) is 0 Å². The fourth-order valence-corrected chi connectivity index (χ4v) is 1.50. The number of hydrogen-bond donors (Lipinski definition) is 0. The van der Waals surface area contributed by atoms with Gasteiger partial charge in [0.2, 0.25) is 0 Å². The van der Waals surface area contributed by atoms with Gasteiger partial charge in [-0.3, -0.25) is 9.59 Å². The molecule has 0 amide bonds. The number of ketones is 1. The van der Waals surface area contributed by atoms with E-state index in [2.05, 4.69) is 0 Å². The highest BCUT2D eigenvalue weighted by Gasteiger charge is 2.25. The van der Waals surface area contributed by atoms with Crippen molar-refractivity contribution in [3.05, 3.63) is 29.8 Å². The second-order valence-electron chi connectivity index (χ2n) is 4.51. The summed E-state index contributed by atoms with van der Waals surface area (Å²) in [6, 6.07) is 6.69. The van der Waals surface area contributed by atoms with Gasteiger partial charge in [-0.05, 0) is 38.1 Å². The number of carbonyl (C=O) groups excluding carboxylic acids is 2. The zero-order chi connectivity index (χ0) is 14.5. The topological polar surface area (TPSA) is 52.6 Å². The third-order valence-corrected chi connectivity index (χ3v) is 2.49. The fourth-order valence-electron chi connectivity index (χ4n) is 1.39. The highest BCUT2D eigenvalue weighted by Crippen LogP contribution is 2.21. The Labute approximate surface area is 117 Å². The van der Waals surface area contributed by atoms with E-state index in [9.17, 15) is 9.59 Å². The molecule has 0 heterocycles. The molecule has 0 N–H and O–H groups in total. The normalized spacial score (nSPS) is 10.9. The van der Waals surface area contributed by atoms with Crippen LogP contribution in [0.1, 0.15) is 31.1 Å². The maximum absolute atomic E-state index is 11.9. The Balaban J connectivity index is 2.53. The van der Waals surface area contributed by atoms with Crippen LogP contribution in [0.5, 0.6) is 5.75 Å². The summed E-state index contributed by atoms with van der Waals surface area (Å²) in [6.07, 6.45) is 0. The molecular formula is C14H17ClO4. The van der Waals surface area contributed by atoms with Gasteiger partial charge < -0.3 is 9.47 Å². The number of carbonyl (C=O) groups is 2.